The molecule has 0 aliphatic carbocycles. The van der Waals surface area contributed by atoms with E-state index in [4.69, 9.17) is 11.6 Å². The number of hydrogen-bond acceptors (Lipinski definition) is 2. The Morgan fingerprint density at radius 2 is 1.44 bits per heavy atom. The van der Waals surface area contributed by atoms with Gasteiger partial charge in [0.2, 0.25) is 0 Å². The lowest BCUT2D eigenvalue weighted by Gasteiger charge is -2.08. The average molecular weight is 300 g/mol. The summed E-state index contributed by atoms with van der Waals surface area (Å²) in [6, 6.07) is 9.70. The van der Waals surface area contributed by atoms with Crippen LogP contribution >= 0.6 is 27.5 Å². The van der Waals surface area contributed by atoms with Crippen LogP contribution < -0.4 is 0 Å². The number of phenolic OH excluding ortho intramolecular Hbond substituents is 2. The van der Waals surface area contributed by atoms with E-state index in [-0.39, 0.29) is 11.5 Å². The molecular weight excluding hydrogens is 291 g/mol. The van der Waals surface area contributed by atoms with Crippen molar-refractivity contribution < 1.29 is 10.2 Å². The summed E-state index contributed by atoms with van der Waals surface area (Å²) in [6.45, 7) is 0. The zero-order valence-electron chi connectivity index (χ0n) is 8.11. The first-order valence-corrected chi connectivity index (χ1v) is 5.72. The molecule has 0 aromatic heterocycles. The van der Waals surface area contributed by atoms with Gasteiger partial charge in [-0.3, -0.25) is 0 Å². The van der Waals surface area contributed by atoms with Crippen LogP contribution in [-0.2, 0) is 0 Å². The van der Waals surface area contributed by atoms with Crippen molar-refractivity contribution in [2.45, 2.75) is 0 Å². The minimum absolute atomic E-state index is 0.0813. The van der Waals surface area contributed by atoms with Crippen LogP contribution in [0.5, 0.6) is 11.5 Å². The Morgan fingerprint density at radius 1 is 0.875 bits per heavy atom. The zero-order valence-corrected chi connectivity index (χ0v) is 10.5. The number of hydrogen-bond donors (Lipinski definition) is 2. The maximum absolute atomic E-state index is 9.73. The Hall–Kier alpha value is -1.19. The van der Waals surface area contributed by atoms with Crippen molar-refractivity contribution in [2.24, 2.45) is 0 Å². The summed E-state index contributed by atoms with van der Waals surface area (Å²) in [5.41, 5.74) is 1.04. The molecule has 2 nitrogen and oxygen atoms in total. The highest BCUT2D eigenvalue weighted by Gasteiger charge is 2.10. The van der Waals surface area contributed by atoms with Crippen LogP contribution in [0.2, 0.25) is 5.02 Å². The summed E-state index contributed by atoms with van der Waals surface area (Å²) in [5.74, 6) is 0.179. The summed E-state index contributed by atoms with van der Waals surface area (Å²) in [5, 5.41) is 20.0. The first-order chi connectivity index (χ1) is 7.58. The third-order valence-electron chi connectivity index (χ3n) is 2.21. The monoisotopic (exact) mass is 298 g/mol. The maximum Gasteiger partial charge on any atom is 0.123 e. The van der Waals surface area contributed by atoms with Crippen LogP contribution in [0, 0.1) is 0 Å². The van der Waals surface area contributed by atoms with Gasteiger partial charge in [-0.15, -0.1) is 0 Å². The van der Waals surface area contributed by atoms with Crippen LogP contribution in [0.25, 0.3) is 11.1 Å². The van der Waals surface area contributed by atoms with Crippen LogP contribution in [0.1, 0.15) is 0 Å². The second-order valence-corrected chi connectivity index (χ2v) is 4.68. The molecule has 0 unspecified atom stereocenters. The molecule has 0 aliphatic rings. The molecule has 82 valence electrons. The number of phenols is 2. The lowest BCUT2D eigenvalue weighted by Crippen LogP contribution is -1.81. The molecule has 4 heteroatoms. The molecule has 2 aromatic rings. The van der Waals surface area contributed by atoms with E-state index in [1.165, 1.54) is 6.07 Å². The number of rotatable bonds is 1. The molecule has 0 spiro atoms. The summed E-state index contributed by atoms with van der Waals surface area (Å²) in [7, 11) is 0. The topological polar surface area (TPSA) is 40.5 Å². The maximum atomic E-state index is 9.73. The lowest BCUT2D eigenvalue weighted by molar-refractivity contribution is 0.469. The minimum Gasteiger partial charge on any atom is -0.507 e. The average Bonchev–Trinajstić information content (AvgIpc) is 2.25. The van der Waals surface area contributed by atoms with E-state index in [9.17, 15) is 10.2 Å². The van der Waals surface area contributed by atoms with E-state index in [1.54, 1.807) is 30.3 Å². The fourth-order valence-electron chi connectivity index (χ4n) is 1.45. The number of aromatic hydroxyl groups is 2. The standard InChI is InChI=1S/C12H8BrClO2/c13-7-1-3-11(15)9(5-7)10-6-8(14)2-4-12(10)16/h1-6,15-16H. The summed E-state index contributed by atoms with van der Waals surface area (Å²) in [4.78, 5) is 0. The molecule has 2 aromatic carbocycles. The smallest absolute Gasteiger partial charge is 0.123 e. The molecular formula is C12H8BrClO2. The van der Waals surface area contributed by atoms with Gasteiger partial charge in [-0.25, -0.2) is 0 Å². The third kappa shape index (κ3) is 2.15. The van der Waals surface area contributed by atoms with Crippen LogP contribution in [0.4, 0.5) is 0 Å². The van der Waals surface area contributed by atoms with Gasteiger partial charge in [0.05, 0.1) is 0 Å². The van der Waals surface area contributed by atoms with Gasteiger partial charge in [0, 0.05) is 20.6 Å². The number of halogens is 2. The van der Waals surface area contributed by atoms with Crippen molar-refractivity contribution in [1.29, 1.82) is 0 Å². The zero-order chi connectivity index (χ0) is 11.7. The molecule has 0 saturated carbocycles. The van der Waals surface area contributed by atoms with Crippen molar-refractivity contribution in [3.63, 3.8) is 0 Å². The molecule has 0 radical (unpaired) electrons. The van der Waals surface area contributed by atoms with Crippen molar-refractivity contribution in [1.82, 2.24) is 0 Å². The highest BCUT2D eigenvalue weighted by Crippen LogP contribution is 2.38. The van der Waals surface area contributed by atoms with E-state index >= 15 is 0 Å². The Labute approximate surface area is 106 Å². The van der Waals surface area contributed by atoms with Crippen LogP contribution in [0.3, 0.4) is 0 Å². The molecule has 0 fully saturated rings. The third-order valence-corrected chi connectivity index (χ3v) is 2.94. The highest BCUT2D eigenvalue weighted by atomic mass is 79.9. The van der Waals surface area contributed by atoms with E-state index in [0.29, 0.717) is 16.1 Å². The fourth-order valence-corrected chi connectivity index (χ4v) is 1.98. The van der Waals surface area contributed by atoms with Gasteiger partial charge in [0.15, 0.2) is 0 Å². The summed E-state index contributed by atoms with van der Waals surface area (Å²) >= 11 is 9.17. The molecule has 0 atom stereocenters. The predicted molar refractivity (Wildman–Crippen MR) is 67.9 cm³/mol. The molecule has 0 amide bonds. The Morgan fingerprint density at radius 3 is 2.12 bits per heavy atom. The van der Waals surface area contributed by atoms with Gasteiger partial charge in [0.1, 0.15) is 11.5 Å². The largest absolute Gasteiger partial charge is 0.507 e. The van der Waals surface area contributed by atoms with E-state index in [0.717, 1.165) is 4.47 Å². The SMILES string of the molecule is Oc1ccc(Cl)cc1-c1cc(Br)ccc1O. The Kier molecular flexibility index (Phi) is 3.08. The molecule has 16 heavy (non-hydrogen) atoms. The van der Waals surface area contributed by atoms with Gasteiger partial charge in [0.25, 0.3) is 0 Å². The predicted octanol–water partition coefficient (Wildman–Crippen LogP) is 4.18. The number of benzene rings is 2. The van der Waals surface area contributed by atoms with Crippen molar-refractivity contribution >= 4 is 27.5 Å². The summed E-state index contributed by atoms with van der Waals surface area (Å²) < 4.78 is 0.819. The van der Waals surface area contributed by atoms with Gasteiger partial charge in [-0.2, -0.15) is 0 Å². The minimum atomic E-state index is 0.0813. The van der Waals surface area contributed by atoms with E-state index in [2.05, 4.69) is 15.9 Å². The molecule has 0 aliphatic heterocycles. The van der Waals surface area contributed by atoms with E-state index < -0.39 is 0 Å². The van der Waals surface area contributed by atoms with Crippen LogP contribution in [-0.4, -0.2) is 10.2 Å². The lowest BCUT2D eigenvalue weighted by atomic mass is 10.0. The van der Waals surface area contributed by atoms with Crippen molar-refractivity contribution in [3.8, 4) is 22.6 Å². The van der Waals surface area contributed by atoms with Gasteiger partial charge in [-0.05, 0) is 36.4 Å². The highest BCUT2D eigenvalue weighted by molar-refractivity contribution is 9.10. The molecule has 2 N–H and O–H groups in total. The normalized spacial score (nSPS) is 10.4. The van der Waals surface area contributed by atoms with Gasteiger partial charge < -0.3 is 10.2 Å². The molecule has 0 heterocycles. The second-order valence-electron chi connectivity index (χ2n) is 3.32. The van der Waals surface area contributed by atoms with Crippen molar-refractivity contribution in [2.75, 3.05) is 0 Å². The van der Waals surface area contributed by atoms with E-state index in [1.807, 2.05) is 0 Å². The van der Waals surface area contributed by atoms with Gasteiger partial charge >= 0.3 is 0 Å². The quantitative estimate of drug-likeness (QED) is 0.829. The first-order valence-electron chi connectivity index (χ1n) is 4.55. The van der Waals surface area contributed by atoms with Crippen LogP contribution in [0.15, 0.2) is 40.9 Å². The second kappa shape index (κ2) is 4.36. The Bertz CT molecular complexity index is 491. The van der Waals surface area contributed by atoms with Crippen molar-refractivity contribution in [3.05, 3.63) is 45.9 Å². The molecule has 0 bridgehead atoms. The summed E-state index contributed by atoms with van der Waals surface area (Å²) in [6.07, 6.45) is 0. The first kappa shape index (κ1) is 11.3. The van der Waals surface area contributed by atoms with Gasteiger partial charge in [-0.1, -0.05) is 27.5 Å². The molecule has 2 rings (SSSR count). The fraction of sp³-hybridized carbons (Fsp3) is 0. The molecule has 0 saturated heterocycles. The Balaban J connectivity index is 2.66.